The van der Waals surface area contributed by atoms with E-state index in [2.05, 4.69) is 4.90 Å². The Kier molecular flexibility index (Phi) is 3.42. The maximum Gasteiger partial charge on any atom is 0.107 e. The number of piperidine rings is 1. The Bertz CT molecular complexity index is 257. The smallest absolute Gasteiger partial charge is 0.107 e. The first-order valence-corrected chi connectivity index (χ1v) is 7.36. The van der Waals surface area contributed by atoms with Gasteiger partial charge in [0.05, 0.1) is 6.10 Å². The third-order valence-corrected chi connectivity index (χ3v) is 4.99. The SMILES string of the molecule is O[C@H]1CCN(C2CCCCC2)C[C@@]12CCCO2. The van der Waals surface area contributed by atoms with Crippen LogP contribution < -0.4 is 0 Å². The Balaban J connectivity index is 1.67. The highest BCUT2D eigenvalue weighted by Crippen LogP contribution is 2.37. The van der Waals surface area contributed by atoms with Gasteiger partial charge < -0.3 is 9.84 Å². The molecule has 3 rings (SSSR count). The van der Waals surface area contributed by atoms with E-state index in [1.165, 1.54) is 32.1 Å². The van der Waals surface area contributed by atoms with Gasteiger partial charge in [-0.1, -0.05) is 19.3 Å². The Morgan fingerprint density at radius 1 is 1.06 bits per heavy atom. The van der Waals surface area contributed by atoms with E-state index in [1.54, 1.807) is 0 Å². The number of aliphatic hydroxyl groups excluding tert-OH is 1. The van der Waals surface area contributed by atoms with Crippen molar-refractivity contribution in [3.63, 3.8) is 0 Å². The van der Waals surface area contributed by atoms with Gasteiger partial charge >= 0.3 is 0 Å². The van der Waals surface area contributed by atoms with Gasteiger partial charge in [-0.2, -0.15) is 0 Å². The van der Waals surface area contributed by atoms with Crippen LogP contribution in [0.4, 0.5) is 0 Å². The second-order valence-electron chi connectivity index (χ2n) is 6.08. The van der Waals surface area contributed by atoms with Crippen LogP contribution in [0.15, 0.2) is 0 Å². The van der Waals surface area contributed by atoms with Gasteiger partial charge in [0.25, 0.3) is 0 Å². The molecule has 1 aliphatic carbocycles. The molecule has 3 heteroatoms. The molecule has 0 aromatic carbocycles. The first-order valence-electron chi connectivity index (χ1n) is 7.36. The molecule has 2 aliphatic heterocycles. The summed E-state index contributed by atoms with van der Waals surface area (Å²) in [5.74, 6) is 0. The molecular weight excluding hydrogens is 214 g/mol. The first kappa shape index (κ1) is 11.9. The molecule has 0 aromatic rings. The van der Waals surface area contributed by atoms with Gasteiger partial charge in [0, 0.05) is 25.7 Å². The Morgan fingerprint density at radius 3 is 2.59 bits per heavy atom. The molecule has 3 nitrogen and oxygen atoms in total. The van der Waals surface area contributed by atoms with E-state index in [9.17, 15) is 5.11 Å². The zero-order chi connectivity index (χ0) is 11.7. The number of aliphatic hydroxyl groups is 1. The van der Waals surface area contributed by atoms with Crippen molar-refractivity contribution in [2.45, 2.75) is 69.1 Å². The van der Waals surface area contributed by atoms with Gasteiger partial charge in [-0.05, 0) is 32.1 Å². The summed E-state index contributed by atoms with van der Waals surface area (Å²) >= 11 is 0. The van der Waals surface area contributed by atoms with Crippen LogP contribution in [0.2, 0.25) is 0 Å². The summed E-state index contributed by atoms with van der Waals surface area (Å²) in [6.07, 6.45) is 9.73. The van der Waals surface area contributed by atoms with Crippen LogP contribution in [0.5, 0.6) is 0 Å². The van der Waals surface area contributed by atoms with Gasteiger partial charge in [-0.3, -0.25) is 4.90 Å². The minimum absolute atomic E-state index is 0.213. The van der Waals surface area contributed by atoms with Crippen molar-refractivity contribution < 1.29 is 9.84 Å². The molecule has 1 N–H and O–H groups in total. The maximum absolute atomic E-state index is 10.2. The minimum Gasteiger partial charge on any atom is -0.390 e. The summed E-state index contributed by atoms with van der Waals surface area (Å²) in [6.45, 7) is 2.88. The molecule has 1 saturated carbocycles. The third kappa shape index (κ3) is 2.25. The molecule has 0 amide bonds. The first-order chi connectivity index (χ1) is 8.30. The van der Waals surface area contributed by atoms with Gasteiger partial charge in [0.1, 0.15) is 5.60 Å². The molecule has 0 radical (unpaired) electrons. The molecule has 0 bridgehead atoms. The van der Waals surface area contributed by atoms with Crippen molar-refractivity contribution in [2.24, 2.45) is 0 Å². The van der Waals surface area contributed by atoms with Crippen molar-refractivity contribution in [3.05, 3.63) is 0 Å². The molecule has 3 fully saturated rings. The number of rotatable bonds is 1. The Hall–Kier alpha value is -0.120. The van der Waals surface area contributed by atoms with Crippen molar-refractivity contribution in [3.8, 4) is 0 Å². The fourth-order valence-corrected chi connectivity index (χ4v) is 3.94. The standard InChI is InChI=1S/C14H25NO2/c16-13-7-9-15(12-5-2-1-3-6-12)11-14(13)8-4-10-17-14/h12-13,16H,1-11H2/t13-,14-/m0/s1. The van der Waals surface area contributed by atoms with E-state index in [1.807, 2.05) is 0 Å². The quantitative estimate of drug-likeness (QED) is 0.759. The van der Waals surface area contributed by atoms with Crippen molar-refractivity contribution in [1.82, 2.24) is 4.90 Å². The van der Waals surface area contributed by atoms with Crippen molar-refractivity contribution >= 4 is 0 Å². The lowest BCUT2D eigenvalue weighted by molar-refractivity contribution is -0.139. The molecule has 2 atom stereocenters. The fourth-order valence-electron chi connectivity index (χ4n) is 3.94. The number of ether oxygens (including phenoxy) is 1. The normalized spacial score (nSPS) is 41.1. The lowest BCUT2D eigenvalue weighted by Gasteiger charge is -2.47. The number of likely N-dealkylation sites (tertiary alicyclic amines) is 1. The van der Waals surface area contributed by atoms with Crippen molar-refractivity contribution in [2.75, 3.05) is 19.7 Å². The van der Waals surface area contributed by atoms with Crippen LogP contribution in [0, 0.1) is 0 Å². The number of hydrogen-bond acceptors (Lipinski definition) is 3. The Labute approximate surface area is 104 Å². The highest BCUT2D eigenvalue weighted by Gasteiger charge is 2.47. The molecule has 3 aliphatic rings. The Morgan fingerprint density at radius 2 is 1.88 bits per heavy atom. The van der Waals surface area contributed by atoms with E-state index < -0.39 is 0 Å². The topological polar surface area (TPSA) is 32.7 Å². The predicted molar refractivity (Wildman–Crippen MR) is 67.0 cm³/mol. The molecule has 0 aromatic heterocycles. The van der Waals surface area contributed by atoms with E-state index >= 15 is 0 Å². The molecule has 98 valence electrons. The summed E-state index contributed by atoms with van der Waals surface area (Å²) < 4.78 is 5.92. The van der Waals surface area contributed by atoms with Crippen LogP contribution >= 0.6 is 0 Å². The van der Waals surface area contributed by atoms with Gasteiger partial charge in [0.15, 0.2) is 0 Å². The van der Waals surface area contributed by atoms with Gasteiger partial charge in [-0.25, -0.2) is 0 Å². The zero-order valence-electron chi connectivity index (χ0n) is 10.7. The van der Waals surface area contributed by atoms with Crippen molar-refractivity contribution in [1.29, 1.82) is 0 Å². The summed E-state index contributed by atoms with van der Waals surface area (Å²) in [4.78, 5) is 2.61. The van der Waals surface area contributed by atoms with Gasteiger partial charge in [0.2, 0.25) is 0 Å². The third-order valence-electron chi connectivity index (χ3n) is 4.99. The summed E-state index contributed by atoms with van der Waals surface area (Å²) in [6, 6.07) is 0.761. The van der Waals surface area contributed by atoms with Gasteiger partial charge in [-0.15, -0.1) is 0 Å². The molecule has 2 saturated heterocycles. The maximum atomic E-state index is 10.2. The lowest BCUT2D eigenvalue weighted by Crippen LogP contribution is -2.59. The highest BCUT2D eigenvalue weighted by molar-refractivity contribution is 4.99. The molecule has 1 spiro atoms. The van der Waals surface area contributed by atoms with E-state index in [4.69, 9.17) is 4.74 Å². The highest BCUT2D eigenvalue weighted by atomic mass is 16.5. The van der Waals surface area contributed by atoms with E-state index in [0.717, 1.165) is 45.0 Å². The largest absolute Gasteiger partial charge is 0.390 e. The predicted octanol–water partition coefficient (Wildman–Crippen LogP) is 1.93. The average molecular weight is 239 g/mol. The molecule has 17 heavy (non-hydrogen) atoms. The van der Waals surface area contributed by atoms with E-state index in [-0.39, 0.29) is 11.7 Å². The second-order valence-corrected chi connectivity index (χ2v) is 6.08. The summed E-state index contributed by atoms with van der Waals surface area (Å²) in [5, 5.41) is 10.2. The summed E-state index contributed by atoms with van der Waals surface area (Å²) in [7, 11) is 0. The van der Waals surface area contributed by atoms with Crippen LogP contribution in [-0.2, 0) is 4.74 Å². The van der Waals surface area contributed by atoms with Crippen LogP contribution in [-0.4, -0.2) is 47.4 Å². The van der Waals surface area contributed by atoms with Crippen LogP contribution in [0.3, 0.4) is 0 Å². The number of hydrogen-bond donors (Lipinski definition) is 1. The average Bonchev–Trinajstić information content (AvgIpc) is 2.84. The molecular formula is C14H25NO2. The zero-order valence-corrected chi connectivity index (χ0v) is 10.7. The molecule has 0 unspecified atom stereocenters. The van der Waals surface area contributed by atoms with Crippen LogP contribution in [0.1, 0.15) is 51.4 Å². The fraction of sp³-hybridized carbons (Fsp3) is 1.00. The molecule has 2 heterocycles. The second kappa shape index (κ2) is 4.87. The van der Waals surface area contributed by atoms with Crippen LogP contribution in [0.25, 0.3) is 0 Å². The summed E-state index contributed by atoms with van der Waals surface area (Å²) in [5.41, 5.74) is -0.213. The monoisotopic (exact) mass is 239 g/mol. The minimum atomic E-state index is -0.232. The number of nitrogens with zero attached hydrogens (tertiary/aromatic N) is 1. The van der Waals surface area contributed by atoms with E-state index in [0.29, 0.717) is 0 Å². The lowest BCUT2D eigenvalue weighted by atomic mass is 9.84.